The van der Waals surface area contributed by atoms with E-state index in [9.17, 15) is 0 Å². The predicted molar refractivity (Wildman–Crippen MR) is 100 cm³/mol. The molecule has 4 rings (SSSR count). The smallest absolute Gasteiger partial charge is 0.171 e. The summed E-state index contributed by atoms with van der Waals surface area (Å²) in [4.78, 5) is 2.64. The molecule has 2 bridgehead atoms. The Balaban J connectivity index is 1.65. The highest BCUT2D eigenvalue weighted by Crippen LogP contribution is 2.36. The van der Waals surface area contributed by atoms with Crippen LogP contribution in [-0.4, -0.2) is 42.8 Å². The number of piperidine rings is 3. The molecule has 0 N–H and O–H groups in total. The normalized spacial score (nSPS) is 28.9. The SMILES string of the molecule is CC=C(N=[N+](C)CC(C)C1CN2CCC1CC2)c1ccc(Cl)cc1. The van der Waals surface area contributed by atoms with E-state index in [1.54, 1.807) is 0 Å². The number of nitrogens with zero attached hydrogens (tertiary/aromatic N) is 3. The van der Waals surface area contributed by atoms with Crippen LogP contribution in [-0.2, 0) is 0 Å². The molecule has 0 radical (unpaired) electrons. The Bertz CT molecular complexity index is 612. The Hall–Kier alpha value is -1.19. The molecule has 3 fully saturated rings. The van der Waals surface area contributed by atoms with Gasteiger partial charge in [-0.25, -0.2) is 0 Å². The zero-order valence-corrected chi connectivity index (χ0v) is 15.8. The van der Waals surface area contributed by atoms with Crippen molar-refractivity contribution in [2.75, 3.05) is 33.2 Å². The molecule has 0 aliphatic carbocycles. The van der Waals surface area contributed by atoms with Crippen molar-refractivity contribution in [1.29, 1.82) is 0 Å². The molecule has 3 aliphatic heterocycles. The Morgan fingerprint density at radius 2 is 2.00 bits per heavy atom. The summed E-state index contributed by atoms with van der Waals surface area (Å²) in [6.45, 7) is 9.36. The standard InChI is InChI=1S/C20H29ClN3/c1-4-20(17-5-7-18(21)8-6-17)22-23(3)13-15(2)19-14-24-11-9-16(19)10-12-24/h4-8,15-16,19H,9-14H2,1-3H3/q+1. The molecule has 3 saturated heterocycles. The maximum Gasteiger partial charge on any atom is 0.171 e. The summed E-state index contributed by atoms with van der Waals surface area (Å²) in [5.41, 5.74) is 2.12. The lowest BCUT2D eigenvalue weighted by atomic mass is 9.73. The van der Waals surface area contributed by atoms with Crippen molar-refractivity contribution in [2.45, 2.75) is 26.7 Å². The van der Waals surface area contributed by atoms with Gasteiger partial charge in [-0.15, -0.1) is 4.70 Å². The molecule has 0 saturated carbocycles. The van der Waals surface area contributed by atoms with Gasteiger partial charge in [0, 0.05) is 23.0 Å². The second kappa shape index (κ2) is 7.79. The lowest BCUT2D eigenvalue weighted by Crippen LogP contribution is -2.50. The van der Waals surface area contributed by atoms with Gasteiger partial charge < -0.3 is 4.90 Å². The van der Waals surface area contributed by atoms with E-state index in [-0.39, 0.29) is 0 Å². The monoisotopic (exact) mass is 346 g/mol. The number of benzene rings is 1. The third-order valence-corrected chi connectivity index (χ3v) is 5.93. The van der Waals surface area contributed by atoms with Crippen molar-refractivity contribution in [3.05, 3.63) is 40.9 Å². The summed E-state index contributed by atoms with van der Waals surface area (Å²) in [5.74, 6) is 2.43. The molecule has 0 amide bonds. The Kier molecular flexibility index (Phi) is 5.72. The highest BCUT2D eigenvalue weighted by molar-refractivity contribution is 6.30. The van der Waals surface area contributed by atoms with Crippen molar-refractivity contribution < 1.29 is 4.70 Å². The average molecular weight is 347 g/mol. The van der Waals surface area contributed by atoms with E-state index < -0.39 is 0 Å². The van der Waals surface area contributed by atoms with Crippen molar-refractivity contribution >= 4 is 17.3 Å². The minimum atomic E-state index is 0.676. The van der Waals surface area contributed by atoms with Crippen LogP contribution >= 0.6 is 11.6 Å². The van der Waals surface area contributed by atoms with Crippen LogP contribution in [0.15, 0.2) is 35.5 Å². The van der Waals surface area contributed by atoms with Crippen molar-refractivity contribution in [2.24, 2.45) is 22.9 Å². The van der Waals surface area contributed by atoms with Gasteiger partial charge in [-0.2, -0.15) is 0 Å². The van der Waals surface area contributed by atoms with E-state index in [4.69, 9.17) is 16.7 Å². The zero-order valence-electron chi connectivity index (χ0n) is 15.1. The molecule has 3 heterocycles. The largest absolute Gasteiger partial charge is 0.303 e. The van der Waals surface area contributed by atoms with Crippen molar-refractivity contribution in [1.82, 2.24) is 4.90 Å². The summed E-state index contributed by atoms with van der Waals surface area (Å²) < 4.78 is 2.12. The van der Waals surface area contributed by atoms with Gasteiger partial charge in [0.05, 0.1) is 0 Å². The molecular weight excluding hydrogens is 318 g/mol. The molecule has 2 unspecified atom stereocenters. The molecule has 3 aliphatic rings. The topological polar surface area (TPSA) is 18.6 Å². The Morgan fingerprint density at radius 1 is 1.33 bits per heavy atom. The van der Waals surface area contributed by atoms with E-state index in [0.717, 1.165) is 34.7 Å². The number of hydrogen-bond donors (Lipinski definition) is 0. The van der Waals surface area contributed by atoms with Crippen LogP contribution in [0.3, 0.4) is 0 Å². The number of azo groups is 2. The minimum absolute atomic E-state index is 0.676. The number of halogens is 1. The van der Waals surface area contributed by atoms with E-state index >= 15 is 0 Å². The first-order valence-corrected chi connectivity index (χ1v) is 9.52. The van der Waals surface area contributed by atoms with Crippen molar-refractivity contribution in [3.8, 4) is 0 Å². The van der Waals surface area contributed by atoms with Gasteiger partial charge in [-0.3, -0.25) is 0 Å². The lowest BCUT2D eigenvalue weighted by Gasteiger charge is -2.46. The average Bonchev–Trinajstić information content (AvgIpc) is 2.61. The van der Waals surface area contributed by atoms with Gasteiger partial charge in [0.1, 0.15) is 5.70 Å². The third kappa shape index (κ3) is 4.07. The number of allylic oxidation sites excluding steroid dienone is 1. The maximum atomic E-state index is 5.99. The fourth-order valence-electron chi connectivity index (χ4n) is 4.34. The first-order chi connectivity index (χ1) is 11.6. The molecule has 2 atom stereocenters. The van der Waals surface area contributed by atoms with Crippen LogP contribution in [0.2, 0.25) is 5.02 Å². The Morgan fingerprint density at radius 3 is 2.54 bits per heavy atom. The van der Waals surface area contributed by atoms with Crippen LogP contribution < -0.4 is 0 Å². The summed E-state index contributed by atoms with van der Waals surface area (Å²) >= 11 is 5.99. The molecule has 3 nitrogen and oxygen atoms in total. The first-order valence-electron chi connectivity index (χ1n) is 9.14. The second-order valence-corrected chi connectivity index (χ2v) is 7.84. The first kappa shape index (κ1) is 17.6. The van der Waals surface area contributed by atoms with Gasteiger partial charge in [0.2, 0.25) is 0 Å². The molecule has 4 heteroatoms. The zero-order chi connectivity index (χ0) is 17.1. The summed E-state index contributed by atoms with van der Waals surface area (Å²) in [7, 11) is 2.09. The molecular formula is C20H29ClN3+. The molecule has 1 aromatic carbocycles. The summed E-state index contributed by atoms with van der Waals surface area (Å²) in [6, 6.07) is 7.91. The summed E-state index contributed by atoms with van der Waals surface area (Å²) in [6.07, 6.45) is 4.85. The van der Waals surface area contributed by atoms with Crippen molar-refractivity contribution in [3.63, 3.8) is 0 Å². The lowest BCUT2D eigenvalue weighted by molar-refractivity contribution is -0.569. The minimum Gasteiger partial charge on any atom is -0.303 e. The van der Waals surface area contributed by atoms with Crippen LogP contribution in [0, 0.1) is 17.8 Å². The number of rotatable bonds is 5. The third-order valence-electron chi connectivity index (χ3n) is 5.68. The Labute approximate surface area is 151 Å². The fraction of sp³-hybridized carbons (Fsp3) is 0.600. The predicted octanol–water partition coefficient (Wildman–Crippen LogP) is 4.77. The summed E-state index contributed by atoms with van der Waals surface area (Å²) in [5, 5.41) is 5.59. The van der Waals surface area contributed by atoms with E-state index in [1.807, 2.05) is 31.2 Å². The molecule has 1 aromatic rings. The van der Waals surface area contributed by atoms with Gasteiger partial charge in [0.15, 0.2) is 13.6 Å². The van der Waals surface area contributed by atoms with E-state index in [2.05, 4.69) is 29.6 Å². The van der Waals surface area contributed by atoms with E-state index in [1.165, 1.54) is 32.5 Å². The molecule has 24 heavy (non-hydrogen) atoms. The second-order valence-electron chi connectivity index (χ2n) is 7.40. The van der Waals surface area contributed by atoms with Gasteiger partial charge in [-0.05, 0) is 61.9 Å². The molecule has 130 valence electrons. The maximum absolute atomic E-state index is 5.99. The van der Waals surface area contributed by atoms with Gasteiger partial charge >= 0.3 is 0 Å². The van der Waals surface area contributed by atoms with Gasteiger partial charge in [-0.1, -0.05) is 36.7 Å². The number of fused-ring (bicyclic) bond motifs is 3. The van der Waals surface area contributed by atoms with Crippen LogP contribution in [0.4, 0.5) is 0 Å². The highest BCUT2D eigenvalue weighted by Gasteiger charge is 2.38. The van der Waals surface area contributed by atoms with Crippen LogP contribution in [0.1, 0.15) is 32.3 Å². The van der Waals surface area contributed by atoms with Crippen LogP contribution in [0.5, 0.6) is 0 Å². The quantitative estimate of drug-likeness (QED) is 0.554. The fourth-order valence-corrected chi connectivity index (χ4v) is 4.46. The molecule has 0 aromatic heterocycles. The number of hydrogen-bond acceptors (Lipinski definition) is 2. The highest BCUT2D eigenvalue weighted by atomic mass is 35.5. The molecule has 0 spiro atoms. The van der Waals surface area contributed by atoms with Crippen LogP contribution in [0.25, 0.3) is 5.70 Å². The van der Waals surface area contributed by atoms with E-state index in [0.29, 0.717) is 5.92 Å². The van der Waals surface area contributed by atoms with Gasteiger partial charge in [0.25, 0.3) is 0 Å².